The van der Waals surface area contributed by atoms with Crippen molar-refractivity contribution < 1.29 is 22.7 Å². The standard InChI is InChI=1S/C25H28ClF3N8O3/c1-3-18-20(35-8-6-30-7-9-35)23(39)37-24(33-22(34-37)15-4-10-40-11-5-15)36(18)13-19(38)32-17-12-16(26)21(25(27,28)29)31-14(17)2/h4,12,30H,3,5-11,13H2,1-2H3,(H,32,38). The molecule has 0 saturated carbocycles. The molecule has 5 rings (SSSR count). The lowest BCUT2D eigenvalue weighted by Gasteiger charge is -2.31. The number of aryl methyl sites for hydroxylation is 1. The fraction of sp³-hybridized carbons (Fsp3) is 0.480. The number of rotatable bonds is 6. The van der Waals surface area contributed by atoms with Crippen LogP contribution in [0.15, 0.2) is 16.9 Å². The van der Waals surface area contributed by atoms with E-state index in [2.05, 4.69) is 25.7 Å². The van der Waals surface area contributed by atoms with Gasteiger partial charge in [0, 0.05) is 26.2 Å². The smallest absolute Gasteiger partial charge is 0.377 e. The third kappa shape index (κ3) is 5.43. The summed E-state index contributed by atoms with van der Waals surface area (Å²) >= 11 is 5.84. The van der Waals surface area contributed by atoms with Gasteiger partial charge in [-0.05, 0) is 31.4 Å². The minimum atomic E-state index is -4.73. The van der Waals surface area contributed by atoms with E-state index in [0.29, 0.717) is 69.4 Å². The Morgan fingerprint density at radius 1 is 1.25 bits per heavy atom. The van der Waals surface area contributed by atoms with Crippen LogP contribution in [0.4, 0.5) is 24.5 Å². The number of hydrogen-bond donors (Lipinski definition) is 2. The van der Waals surface area contributed by atoms with Gasteiger partial charge in [0.15, 0.2) is 11.5 Å². The Hall–Kier alpha value is -3.49. The lowest BCUT2D eigenvalue weighted by Crippen LogP contribution is -2.47. The number of pyridine rings is 1. The number of halogens is 4. The highest BCUT2D eigenvalue weighted by molar-refractivity contribution is 6.31. The second kappa shape index (κ2) is 11.2. The normalized spacial score (nSPS) is 16.4. The van der Waals surface area contributed by atoms with Crippen LogP contribution in [0.25, 0.3) is 11.4 Å². The van der Waals surface area contributed by atoms with Crippen molar-refractivity contribution in [2.24, 2.45) is 0 Å². The molecule has 0 unspecified atom stereocenters. The summed E-state index contributed by atoms with van der Waals surface area (Å²) in [6.07, 6.45) is -1.86. The van der Waals surface area contributed by atoms with Gasteiger partial charge in [-0.3, -0.25) is 9.59 Å². The molecule has 3 aromatic heterocycles. The predicted molar refractivity (Wildman–Crippen MR) is 143 cm³/mol. The molecule has 1 fully saturated rings. The number of nitrogens with zero attached hydrogens (tertiary/aromatic N) is 6. The molecule has 2 aliphatic rings. The number of carbonyl (C=O) groups excluding carboxylic acids is 1. The molecule has 0 spiro atoms. The number of piperazine rings is 1. The van der Waals surface area contributed by atoms with Crippen LogP contribution in [0, 0.1) is 6.92 Å². The molecule has 1 amide bonds. The SMILES string of the molecule is CCc1c(N2CCNCC2)c(=O)n2nc(C3=CCOCC3)nc2n1CC(=O)Nc1cc(Cl)c(C(F)(F)F)nc1C. The van der Waals surface area contributed by atoms with Crippen LogP contribution in [0.2, 0.25) is 5.02 Å². The first-order valence-electron chi connectivity index (χ1n) is 12.9. The lowest BCUT2D eigenvalue weighted by atomic mass is 10.1. The monoisotopic (exact) mass is 580 g/mol. The van der Waals surface area contributed by atoms with Gasteiger partial charge in [0.2, 0.25) is 11.7 Å². The molecule has 15 heteroatoms. The predicted octanol–water partition coefficient (Wildman–Crippen LogP) is 2.68. The molecular weight excluding hydrogens is 553 g/mol. The van der Waals surface area contributed by atoms with Gasteiger partial charge in [0.1, 0.15) is 12.2 Å². The fourth-order valence-corrected chi connectivity index (χ4v) is 5.18. The number of aromatic nitrogens is 5. The summed E-state index contributed by atoms with van der Waals surface area (Å²) in [5.41, 5.74) is 0.351. The highest BCUT2D eigenvalue weighted by Gasteiger charge is 2.36. The van der Waals surface area contributed by atoms with E-state index in [1.54, 1.807) is 4.57 Å². The van der Waals surface area contributed by atoms with Crippen LogP contribution in [0.1, 0.15) is 36.3 Å². The lowest BCUT2D eigenvalue weighted by molar-refractivity contribution is -0.141. The Labute approximate surface area is 232 Å². The molecule has 2 aliphatic heterocycles. The minimum absolute atomic E-state index is 0.0384. The van der Waals surface area contributed by atoms with Gasteiger partial charge in [-0.1, -0.05) is 24.6 Å². The Kier molecular flexibility index (Phi) is 7.84. The van der Waals surface area contributed by atoms with Gasteiger partial charge in [-0.2, -0.15) is 22.7 Å². The number of alkyl halides is 3. The van der Waals surface area contributed by atoms with Crippen molar-refractivity contribution in [1.82, 2.24) is 29.5 Å². The van der Waals surface area contributed by atoms with E-state index in [1.165, 1.54) is 11.4 Å². The molecule has 1 saturated heterocycles. The van der Waals surface area contributed by atoms with Crippen molar-refractivity contribution in [2.75, 3.05) is 49.6 Å². The molecule has 0 bridgehead atoms. The number of ether oxygens (including phenoxy) is 1. The van der Waals surface area contributed by atoms with E-state index in [9.17, 15) is 22.8 Å². The van der Waals surface area contributed by atoms with E-state index >= 15 is 0 Å². The van der Waals surface area contributed by atoms with Gasteiger partial charge in [-0.15, -0.1) is 5.10 Å². The Bertz CT molecular complexity index is 1540. The van der Waals surface area contributed by atoms with Crippen molar-refractivity contribution >= 4 is 40.2 Å². The van der Waals surface area contributed by atoms with E-state index < -0.39 is 22.8 Å². The van der Waals surface area contributed by atoms with Crippen LogP contribution in [-0.4, -0.2) is 69.4 Å². The maximum atomic E-state index is 13.8. The largest absolute Gasteiger partial charge is 0.434 e. The molecular formula is C25H28ClF3N8O3. The topological polar surface area (TPSA) is 119 Å². The zero-order chi connectivity index (χ0) is 28.6. The summed E-state index contributed by atoms with van der Waals surface area (Å²) in [6, 6.07) is 1.03. The first-order valence-corrected chi connectivity index (χ1v) is 13.3. The zero-order valence-electron chi connectivity index (χ0n) is 21.9. The Morgan fingerprint density at radius 3 is 2.65 bits per heavy atom. The van der Waals surface area contributed by atoms with Crippen LogP contribution < -0.4 is 21.1 Å². The third-order valence-electron chi connectivity index (χ3n) is 6.86. The van der Waals surface area contributed by atoms with E-state index in [-0.39, 0.29) is 29.3 Å². The minimum Gasteiger partial charge on any atom is -0.377 e. The van der Waals surface area contributed by atoms with Gasteiger partial charge in [0.25, 0.3) is 5.56 Å². The molecule has 0 aliphatic carbocycles. The summed E-state index contributed by atoms with van der Waals surface area (Å²) in [7, 11) is 0. The zero-order valence-corrected chi connectivity index (χ0v) is 22.7. The summed E-state index contributed by atoms with van der Waals surface area (Å²) in [5.74, 6) is 0.0179. The number of carbonyl (C=O) groups is 1. The second-order valence-corrected chi connectivity index (χ2v) is 9.88. The van der Waals surface area contributed by atoms with Crippen LogP contribution in [0.5, 0.6) is 0 Å². The Balaban J connectivity index is 1.58. The Morgan fingerprint density at radius 2 is 2.00 bits per heavy atom. The third-order valence-corrected chi connectivity index (χ3v) is 7.14. The highest BCUT2D eigenvalue weighted by Crippen LogP contribution is 2.35. The van der Waals surface area contributed by atoms with Crippen LogP contribution in [0.3, 0.4) is 0 Å². The summed E-state index contributed by atoms with van der Waals surface area (Å²) in [5, 5.41) is 9.78. The first-order chi connectivity index (χ1) is 19.1. The van der Waals surface area contributed by atoms with Crippen molar-refractivity contribution in [3.05, 3.63) is 50.4 Å². The van der Waals surface area contributed by atoms with Gasteiger partial charge >= 0.3 is 6.18 Å². The van der Waals surface area contributed by atoms with Gasteiger partial charge < -0.3 is 24.8 Å². The van der Waals surface area contributed by atoms with Crippen molar-refractivity contribution in [3.8, 4) is 0 Å². The number of fused-ring (bicyclic) bond motifs is 1. The fourth-order valence-electron chi connectivity index (χ4n) is 4.92. The number of nitrogens with one attached hydrogen (secondary N) is 2. The second-order valence-electron chi connectivity index (χ2n) is 9.48. The van der Waals surface area contributed by atoms with Crippen molar-refractivity contribution in [1.29, 1.82) is 0 Å². The quantitative estimate of drug-likeness (QED) is 0.457. The number of amides is 1. The van der Waals surface area contributed by atoms with Crippen molar-refractivity contribution in [2.45, 2.75) is 39.4 Å². The summed E-state index contributed by atoms with van der Waals surface area (Å²) in [4.78, 5) is 37.2. The highest BCUT2D eigenvalue weighted by atomic mass is 35.5. The molecule has 2 N–H and O–H groups in total. The molecule has 0 atom stereocenters. The van der Waals surface area contributed by atoms with Crippen molar-refractivity contribution in [3.63, 3.8) is 0 Å². The number of hydrogen-bond acceptors (Lipinski definition) is 8. The van der Waals surface area contributed by atoms with E-state index in [1.807, 2.05) is 17.9 Å². The summed E-state index contributed by atoms with van der Waals surface area (Å²) < 4.78 is 47.9. The van der Waals surface area contributed by atoms with E-state index in [0.717, 1.165) is 11.6 Å². The molecule has 11 nitrogen and oxygen atoms in total. The molecule has 3 aromatic rings. The molecule has 0 radical (unpaired) electrons. The maximum absolute atomic E-state index is 13.8. The maximum Gasteiger partial charge on any atom is 0.434 e. The molecule has 40 heavy (non-hydrogen) atoms. The van der Waals surface area contributed by atoms with Crippen LogP contribution >= 0.6 is 11.6 Å². The molecule has 5 heterocycles. The average Bonchev–Trinajstić information content (AvgIpc) is 3.38. The van der Waals surface area contributed by atoms with Crippen LogP contribution in [-0.2, 0) is 28.7 Å². The number of anilines is 2. The molecule has 214 valence electrons. The molecule has 0 aromatic carbocycles. The van der Waals surface area contributed by atoms with Gasteiger partial charge in [0.05, 0.1) is 35.3 Å². The van der Waals surface area contributed by atoms with Gasteiger partial charge in [-0.25, -0.2) is 4.98 Å². The first kappa shape index (κ1) is 28.1. The van der Waals surface area contributed by atoms with E-state index in [4.69, 9.17) is 16.3 Å². The average molecular weight is 581 g/mol. The summed E-state index contributed by atoms with van der Waals surface area (Å²) in [6.45, 7) is 6.45.